The molecule has 0 aliphatic carbocycles. The van der Waals surface area contributed by atoms with Gasteiger partial charge in [-0.3, -0.25) is 4.79 Å². The topological polar surface area (TPSA) is 92.7 Å². The SMILES string of the molecule is CC(C)(C)OC(=O)N[C@@](C)(CCC(=O)c1ccc(F)c(F)c1)C(=O)O. The predicted octanol–water partition coefficient (Wildman–Crippen LogP) is 3.30. The molecule has 0 bridgehead atoms. The number of hydrogen-bond donors (Lipinski definition) is 2. The Balaban J connectivity index is 2.80. The Morgan fingerprint density at radius 2 is 1.72 bits per heavy atom. The molecule has 2 N–H and O–H groups in total. The lowest BCUT2D eigenvalue weighted by Crippen LogP contribution is -2.53. The fourth-order valence-electron chi connectivity index (χ4n) is 1.93. The van der Waals surface area contributed by atoms with Gasteiger partial charge in [-0.2, -0.15) is 0 Å². The number of alkyl carbamates (subject to hydrolysis) is 1. The van der Waals surface area contributed by atoms with Gasteiger partial charge in [0, 0.05) is 12.0 Å². The van der Waals surface area contributed by atoms with E-state index in [4.69, 9.17) is 4.74 Å². The Labute approximate surface area is 144 Å². The Bertz CT molecular complexity index is 684. The molecule has 0 aliphatic heterocycles. The van der Waals surface area contributed by atoms with E-state index in [1.807, 2.05) is 0 Å². The summed E-state index contributed by atoms with van der Waals surface area (Å²) in [5, 5.41) is 11.6. The van der Waals surface area contributed by atoms with Crippen molar-refractivity contribution in [3.63, 3.8) is 0 Å². The van der Waals surface area contributed by atoms with E-state index in [2.05, 4.69) is 5.32 Å². The predicted molar refractivity (Wildman–Crippen MR) is 85.3 cm³/mol. The van der Waals surface area contributed by atoms with Crippen LogP contribution in [0.25, 0.3) is 0 Å². The lowest BCUT2D eigenvalue weighted by molar-refractivity contribution is -0.144. The molecular formula is C17H21F2NO5. The highest BCUT2D eigenvalue weighted by Crippen LogP contribution is 2.18. The van der Waals surface area contributed by atoms with Crippen molar-refractivity contribution in [3.8, 4) is 0 Å². The van der Waals surface area contributed by atoms with Gasteiger partial charge < -0.3 is 15.2 Å². The van der Waals surface area contributed by atoms with E-state index in [9.17, 15) is 28.3 Å². The number of halogens is 2. The first kappa shape index (κ1) is 20.5. The summed E-state index contributed by atoms with van der Waals surface area (Å²) < 4.78 is 31.1. The third kappa shape index (κ3) is 6.13. The van der Waals surface area contributed by atoms with E-state index in [0.29, 0.717) is 0 Å². The number of aliphatic carboxylic acids is 1. The molecule has 0 spiro atoms. The van der Waals surface area contributed by atoms with Gasteiger partial charge in [-0.15, -0.1) is 0 Å². The molecule has 8 heteroatoms. The molecule has 6 nitrogen and oxygen atoms in total. The molecule has 0 unspecified atom stereocenters. The Hall–Kier alpha value is -2.51. The van der Waals surface area contributed by atoms with Crippen LogP contribution in [0, 0.1) is 11.6 Å². The van der Waals surface area contributed by atoms with Gasteiger partial charge in [0.15, 0.2) is 17.4 Å². The van der Waals surface area contributed by atoms with Crippen LogP contribution in [-0.4, -0.2) is 34.1 Å². The van der Waals surface area contributed by atoms with E-state index in [1.165, 1.54) is 6.92 Å². The van der Waals surface area contributed by atoms with Gasteiger partial charge >= 0.3 is 12.1 Å². The van der Waals surface area contributed by atoms with Gasteiger partial charge in [0.1, 0.15) is 11.1 Å². The van der Waals surface area contributed by atoms with E-state index < -0.39 is 40.6 Å². The summed E-state index contributed by atoms with van der Waals surface area (Å²) in [5.74, 6) is -4.17. The summed E-state index contributed by atoms with van der Waals surface area (Å²) in [5.41, 5.74) is -2.65. The standard InChI is InChI=1S/C17H21F2NO5/c1-16(2,3)25-15(24)20-17(4,14(22)23)8-7-13(21)10-5-6-11(18)12(19)9-10/h5-6,9H,7-8H2,1-4H3,(H,20,24)(H,22,23)/t17-/m0/s1. The monoisotopic (exact) mass is 357 g/mol. The van der Waals surface area contributed by atoms with Gasteiger partial charge in [-0.1, -0.05) is 0 Å². The first-order valence-electron chi connectivity index (χ1n) is 7.57. The minimum Gasteiger partial charge on any atom is -0.480 e. The minimum atomic E-state index is -1.75. The average Bonchev–Trinajstić information content (AvgIpc) is 2.45. The molecule has 0 aromatic heterocycles. The summed E-state index contributed by atoms with van der Waals surface area (Å²) >= 11 is 0. The van der Waals surface area contributed by atoms with Crippen molar-refractivity contribution in [1.82, 2.24) is 5.32 Å². The first-order chi connectivity index (χ1) is 11.3. The smallest absolute Gasteiger partial charge is 0.408 e. The van der Waals surface area contributed by atoms with Crippen molar-refractivity contribution in [2.75, 3.05) is 0 Å². The molecule has 0 fully saturated rings. The van der Waals surface area contributed by atoms with Crippen LogP contribution in [0.15, 0.2) is 18.2 Å². The van der Waals surface area contributed by atoms with E-state index in [0.717, 1.165) is 18.2 Å². The van der Waals surface area contributed by atoms with Gasteiger partial charge in [0.05, 0.1) is 0 Å². The van der Waals surface area contributed by atoms with Crippen molar-refractivity contribution in [3.05, 3.63) is 35.4 Å². The molecule has 0 heterocycles. The Morgan fingerprint density at radius 3 is 2.20 bits per heavy atom. The van der Waals surface area contributed by atoms with Crippen molar-refractivity contribution in [2.45, 2.75) is 51.7 Å². The van der Waals surface area contributed by atoms with Crippen molar-refractivity contribution in [1.29, 1.82) is 0 Å². The number of amides is 1. The highest BCUT2D eigenvalue weighted by Gasteiger charge is 2.36. The van der Waals surface area contributed by atoms with E-state index in [-0.39, 0.29) is 18.4 Å². The van der Waals surface area contributed by atoms with Crippen LogP contribution in [-0.2, 0) is 9.53 Å². The number of carboxylic acids is 1. The summed E-state index contributed by atoms with van der Waals surface area (Å²) in [4.78, 5) is 35.3. The fraction of sp³-hybridized carbons (Fsp3) is 0.471. The Morgan fingerprint density at radius 1 is 1.12 bits per heavy atom. The molecular weight excluding hydrogens is 336 g/mol. The zero-order valence-electron chi connectivity index (χ0n) is 14.5. The van der Waals surface area contributed by atoms with Crippen molar-refractivity contribution in [2.24, 2.45) is 0 Å². The number of carbonyl (C=O) groups excluding carboxylic acids is 2. The second-order valence-electron chi connectivity index (χ2n) is 6.82. The molecule has 0 saturated heterocycles. The summed E-state index contributed by atoms with van der Waals surface area (Å²) in [6, 6.07) is 2.68. The minimum absolute atomic E-state index is 0.0797. The largest absolute Gasteiger partial charge is 0.480 e. The highest BCUT2D eigenvalue weighted by atomic mass is 19.2. The van der Waals surface area contributed by atoms with Gasteiger partial charge in [0.2, 0.25) is 0 Å². The quantitative estimate of drug-likeness (QED) is 0.762. The van der Waals surface area contributed by atoms with E-state index in [1.54, 1.807) is 20.8 Å². The molecule has 1 aromatic carbocycles. The molecule has 1 aromatic rings. The fourth-order valence-corrected chi connectivity index (χ4v) is 1.93. The number of Topliss-reactive ketones (excluding diaryl/α,β-unsaturated/α-hetero) is 1. The molecule has 1 rings (SSSR count). The lowest BCUT2D eigenvalue weighted by atomic mass is 9.93. The summed E-state index contributed by atoms with van der Waals surface area (Å²) in [6.07, 6.45) is -1.47. The molecule has 0 radical (unpaired) electrons. The van der Waals surface area contributed by atoms with Crippen LogP contribution in [0.2, 0.25) is 0 Å². The van der Waals surface area contributed by atoms with Crippen molar-refractivity contribution < 1.29 is 33.0 Å². The molecule has 1 atom stereocenters. The molecule has 0 aliphatic rings. The molecule has 0 saturated carbocycles. The number of carboxylic acid groups (broad SMARTS) is 1. The third-order valence-electron chi connectivity index (χ3n) is 3.34. The number of benzene rings is 1. The van der Waals surface area contributed by atoms with Gasteiger partial charge in [-0.25, -0.2) is 18.4 Å². The maximum Gasteiger partial charge on any atom is 0.408 e. The maximum absolute atomic E-state index is 13.2. The third-order valence-corrected chi connectivity index (χ3v) is 3.34. The van der Waals surface area contributed by atoms with Gasteiger partial charge in [-0.05, 0) is 52.3 Å². The number of carbonyl (C=O) groups is 3. The molecule has 138 valence electrons. The van der Waals surface area contributed by atoms with Crippen LogP contribution in [0.4, 0.5) is 13.6 Å². The zero-order valence-corrected chi connectivity index (χ0v) is 14.5. The summed E-state index contributed by atoms with van der Waals surface area (Å²) in [7, 11) is 0. The van der Waals surface area contributed by atoms with Crippen LogP contribution in [0.3, 0.4) is 0 Å². The normalized spacial score (nSPS) is 13.7. The maximum atomic E-state index is 13.2. The van der Waals surface area contributed by atoms with Crippen LogP contribution in [0.1, 0.15) is 50.9 Å². The second-order valence-corrected chi connectivity index (χ2v) is 6.82. The van der Waals surface area contributed by atoms with E-state index >= 15 is 0 Å². The van der Waals surface area contributed by atoms with Crippen molar-refractivity contribution >= 4 is 17.8 Å². The van der Waals surface area contributed by atoms with Crippen LogP contribution in [0.5, 0.6) is 0 Å². The van der Waals surface area contributed by atoms with Crippen LogP contribution >= 0.6 is 0 Å². The second kappa shape index (κ2) is 7.58. The highest BCUT2D eigenvalue weighted by molar-refractivity contribution is 5.96. The zero-order chi connectivity index (χ0) is 19.4. The Kier molecular flexibility index (Phi) is 6.23. The number of rotatable bonds is 6. The number of ether oxygens (including phenoxy) is 1. The number of nitrogens with one attached hydrogen (secondary N) is 1. The molecule has 1 amide bonds. The number of hydrogen-bond acceptors (Lipinski definition) is 4. The lowest BCUT2D eigenvalue weighted by Gasteiger charge is -2.28. The molecule has 25 heavy (non-hydrogen) atoms. The van der Waals surface area contributed by atoms with Gasteiger partial charge in [0.25, 0.3) is 0 Å². The number of ketones is 1. The first-order valence-corrected chi connectivity index (χ1v) is 7.57. The summed E-state index contributed by atoms with van der Waals surface area (Å²) in [6.45, 7) is 6.10. The van der Waals surface area contributed by atoms with Crippen LogP contribution < -0.4 is 5.32 Å². The average molecular weight is 357 g/mol.